The van der Waals surface area contributed by atoms with Crippen LogP contribution in [0.3, 0.4) is 0 Å². The minimum atomic E-state index is 0.0265. The van der Waals surface area contributed by atoms with Gasteiger partial charge in [-0.25, -0.2) is 4.98 Å². The number of aromatic nitrogens is 3. The van der Waals surface area contributed by atoms with E-state index in [1.807, 2.05) is 47.4 Å². The maximum Gasteiger partial charge on any atom is 0.254 e. The fourth-order valence-electron chi connectivity index (χ4n) is 3.67. The molecule has 1 fully saturated rings. The van der Waals surface area contributed by atoms with E-state index in [-0.39, 0.29) is 5.91 Å². The number of nitrogens with zero attached hydrogens (tertiary/aromatic N) is 3. The molecule has 2 aromatic carbocycles. The molecule has 1 aliphatic heterocycles. The van der Waals surface area contributed by atoms with Gasteiger partial charge in [0.15, 0.2) is 5.82 Å². The Hall–Kier alpha value is -3.65. The van der Waals surface area contributed by atoms with Crippen LogP contribution >= 0.6 is 0 Å². The molecular weight excluding hydrogens is 382 g/mol. The predicted molar refractivity (Wildman–Crippen MR) is 114 cm³/mol. The van der Waals surface area contributed by atoms with Crippen molar-refractivity contribution >= 4 is 39.2 Å². The van der Waals surface area contributed by atoms with Gasteiger partial charge in [0.1, 0.15) is 11.3 Å². The van der Waals surface area contributed by atoms with Crippen LogP contribution in [0.2, 0.25) is 0 Å². The number of carbonyl (C=O) groups is 1. The summed E-state index contributed by atoms with van der Waals surface area (Å²) in [6, 6.07) is 13.2. The highest BCUT2D eigenvalue weighted by Crippen LogP contribution is 2.31. The number of ether oxygens (including phenoxy) is 2. The lowest BCUT2D eigenvalue weighted by Gasteiger charge is -2.26. The quantitative estimate of drug-likeness (QED) is 0.543. The van der Waals surface area contributed by atoms with Crippen molar-refractivity contribution in [3.8, 4) is 5.75 Å². The number of benzene rings is 2. The van der Waals surface area contributed by atoms with E-state index < -0.39 is 0 Å². The first-order valence-electron chi connectivity index (χ1n) is 9.78. The number of H-pyrrole nitrogens is 1. The van der Waals surface area contributed by atoms with Crippen LogP contribution in [0.1, 0.15) is 10.4 Å². The van der Waals surface area contributed by atoms with Gasteiger partial charge in [0.2, 0.25) is 0 Å². The third kappa shape index (κ3) is 3.31. The van der Waals surface area contributed by atoms with Crippen LogP contribution in [0.25, 0.3) is 21.8 Å². The monoisotopic (exact) mass is 403 g/mol. The maximum absolute atomic E-state index is 12.6. The minimum absolute atomic E-state index is 0.0265. The number of hydrogen-bond acceptors (Lipinski definition) is 6. The average Bonchev–Trinajstić information content (AvgIpc) is 3.30. The molecule has 1 amide bonds. The Labute approximate surface area is 172 Å². The lowest BCUT2D eigenvalue weighted by molar-refractivity contribution is 0.0303. The summed E-state index contributed by atoms with van der Waals surface area (Å²) in [6.07, 6.45) is 1.79. The maximum atomic E-state index is 12.6. The van der Waals surface area contributed by atoms with E-state index in [2.05, 4.69) is 15.5 Å². The fourth-order valence-corrected chi connectivity index (χ4v) is 3.67. The van der Waals surface area contributed by atoms with Crippen LogP contribution in [0.5, 0.6) is 5.75 Å². The summed E-state index contributed by atoms with van der Waals surface area (Å²) in [4.78, 5) is 19.2. The lowest BCUT2D eigenvalue weighted by Crippen LogP contribution is -2.40. The van der Waals surface area contributed by atoms with Gasteiger partial charge < -0.3 is 19.7 Å². The van der Waals surface area contributed by atoms with Crippen molar-refractivity contribution in [2.75, 3.05) is 38.7 Å². The van der Waals surface area contributed by atoms with E-state index >= 15 is 0 Å². The number of hydrogen-bond donors (Lipinski definition) is 2. The Morgan fingerprint density at radius 1 is 1.13 bits per heavy atom. The molecular formula is C22H21N5O3. The number of nitrogens with one attached hydrogen (secondary N) is 2. The molecule has 0 spiro atoms. The Balaban J connectivity index is 1.43. The van der Waals surface area contributed by atoms with Crippen molar-refractivity contribution < 1.29 is 14.3 Å². The van der Waals surface area contributed by atoms with Gasteiger partial charge in [0.05, 0.1) is 32.0 Å². The number of amides is 1. The van der Waals surface area contributed by atoms with E-state index in [1.165, 1.54) is 0 Å². The number of anilines is 2. The van der Waals surface area contributed by atoms with Crippen LogP contribution in [0, 0.1) is 0 Å². The van der Waals surface area contributed by atoms with E-state index in [4.69, 9.17) is 14.5 Å². The SMILES string of the molecule is COc1ccc2nc(Nc3ccc(C(=O)N4CCOCC4)cc3)c3[nH]ncc3c2c1. The van der Waals surface area contributed by atoms with Gasteiger partial charge in [0, 0.05) is 35.1 Å². The van der Waals surface area contributed by atoms with Gasteiger partial charge in [0.25, 0.3) is 5.91 Å². The molecule has 3 heterocycles. The Morgan fingerprint density at radius 2 is 1.93 bits per heavy atom. The topological polar surface area (TPSA) is 92.4 Å². The molecule has 2 N–H and O–H groups in total. The summed E-state index contributed by atoms with van der Waals surface area (Å²) < 4.78 is 10.7. The van der Waals surface area contributed by atoms with E-state index in [9.17, 15) is 4.79 Å². The molecule has 8 nitrogen and oxygen atoms in total. The van der Waals surface area contributed by atoms with Gasteiger partial charge in [-0.2, -0.15) is 5.10 Å². The van der Waals surface area contributed by atoms with Crippen LogP contribution in [-0.4, -0.2) is 59.4 Å². The summed E-state index contributed by atoms with van der Waals surface area (Å²) in [7, 11) is 1.64. The first kappa shape index (κ1) is 18.4. The van der Waals surface area contributed by atoms with Gasteiger partial charge in [-0.15, -0.1) is 0 Å². The van der Waals surface area contributed by atoms with Crippen molar-refractivity contribution in [1.82, 2.24) is 20.1 Å². The molecule has 0 unspecified atom stereocenters. The number of morpholine rings is 1. The van der Waals surface area contributed by atoms with Gasteiger partial charge >= 0.3 is 0 Å². The molecule has 4 aromatic rings. The molecule has 0 atom stereocenters. The van der Waals surface area contributed by atoms with Crippen molar-refractivity contribution in [1.29, 1.82) is 0 Å². The molecule has 1 saturated heterocycles. The second-order valence-corrected chi connectivity index (χ2v) is 7.11. The zero-order valence-electron chi connectivity index (χ0n) is 16.5. The summed E-state index contributed by atoms with van der Waals surface area (Å²) in [5, 5.41) is 12.5. The molecule has 0 radical (unpaired) electrons. The van der Waals surface area contributed by atoms with Crippen LogP contribution in [-0.2, 0) is 4.74 Å². The van der Waals surface area contributed by atoms with E-state index in [1.54, 1.807) is 13.3 Å². The molecule has 0 aliphatic carbocycles. The molecule has 1 aliphatic rings. The van der Waals surface area contributed by atoms with Crippen LogP contribution < -0.4 is 10.1 Å². The summed E-state index contributed by atoms with van der Waals surface area (Å²) in [6.45, 7) is 2.43. The molecule has 0 saturated carbocycles. The molecule has 152 valence electrons. The number of rotatable bonds is 4. The highest BCUT2D eigenvalue weighted by molar-refractivity contribution is 6.09. The smallest absolute Gasteiger partial charge is 0.254 e. The van der Waals surface area contributed by atoms with E-state index in [0.717, 1.165) is 33.2 Å². The molecule has 30 heavy (non-hydrogen) atoms. The first-order chi connectivity index (χ1) is 14.7. The zero-order chi connectivity index (χ0) is 20.5. The van der Waals surface area contributed by atoms with Gasteiger partial charge in [-0.1, -0.05) is 0 Å². The fraction of sp³-hybridized carbons (Fsp3) is 0.227. The van der Waals surface area contributed by atoms with Crippen molar-refractivity contribution in [2.45, 2.75) is 0 Å². The van der Waals surface area contributed by atoms with Gasteiger partial charge in [-0.3, -0.25) is 9.89 Å². The van der Waals surface area contributed by atoms with Crippen molar-refractivity contribution in [3.05, 3.63) is 54.2 Å². The molecule has 8 heteroatoms. The van der Waals surface area contributed by atoms with Crippen LogP contribution in [0.4, 0.5) is 11.5 Å². The normalized spacial score (nSPS) is 14.2. The highest BCUT2D eigenvalue weighted by Gasteiger charge is 2.18. The van der Waals surface area contributed by atoms with Crippen molar-refractivity contribution in [2.24, 2.45) is 0 Å². The van der Waals surface area contributed by atoms with Crippen molar-refractivity contribution in [3.63, 3.8) is 0 Å². The molecule has 2 aromatic heterocycles. The summed E-state index contributed by atoms with van der Waals surface area (Å²) in [5.41, 5.74) is 3.15. The standard InChI is InChI=1S/C22H21N5O3/c1-29-16-6-7-19-17(12-16)18-13-23-26-20(18)21(25-19)24-15-4-2-14(3-5-15)22(28)27-8-10-30-11-9-27/h2-7,12-13H,8-11H2,1H3,(H,23,26)(H,24,25). The predicted octanol–water partition coefficient (Wildman–Crippen LogP) is 3.34. The Bertz CT molecular complexity index is 1210. The average molecular weight is 403 g/mol. The Kier molecular flexibility index (Phi) is 4.68. The molecule has 5 rings (SSSR count). The summed E-state index contributed by atoms with van der Waals surface area (Å²) in [5.74, 6) is 1.47. The highest BCUT2D eigenvalue weighted by atomic mass is 16.5. The number of fused-ring (bicyclic) bond motifs is 3. The number of pyridine rings is 1. The second-order valence-electron chi connectivity index (χ2n) is 7.11. The minimum Gasteiger partial charge on any atom is -0.497 e. The van der Waals surface area contributed by atoms with Gasteiger partial charge in [-0.05, 0) is 42.5 Å². The third-order valence-electron chi connectivity index (χ3n) is 5.30. The molecule has 0 bridgehead atoms. The zero-order valence-corrected chi connectivity index (χ0v) is 16.5. The first-order valence-corrected chi connectivity index (χ1v) is 9.78. The Morgan fingerprint density at radius 3 is 2.70 bits per heavy atom. The number of aromatic amines is 1. The lowest BCUT2D eigenvalue weighted by atomic mass is 10.1. The third-order valence-corrected chi connectivity index (χ3v) is 5.30. The summed E-state index contributed by atoms with van der Waals surface area (Å²) >= 11 is 0. The number of carbonyl (C=O) groups excluding carboxylic acids is 1. The number of methoxy groups -OCH3 is 1. The van der Waals surface area contributed by atoms with E-state index in [0.29, 0.717) is 37.7 Å². The largest absolute Gasteiger partial charge is 0.497 e. The second kappa shape index (κ2) is 7.64. The van der Waals surface area contributed by atoms with Crippen LogP contribution in [0.15, 0.2) is 48.7 Å².